The van der Waals surface area contributed by atoms with Gasteiger partial charge < -0.3 is 20.5 Å². The molecule has 2 amide bonds. The van der Waals surface area contributed by atoms with Crippen molar-refractivity contribution in [2.75, 3.05) is 26.8 Å². The molecule has 6 rings (SSSR count). The minimum absolute atomic E-state index is 0.0249. The molecule has 5 aliphatic rings. The molecule has 4 bridgehead atoms. The van der Waals surface area contributed by atoms with Gasteiger partial charge in [0.1, 0.15) is 11.9 Å². The molecule has 0 radical (unpaired) electrons. The van der Waals surface area contributed by atoms with Gasteiger partial charge in [-0.2, -0.15) is 0 Å². The van der Waals surface area contributed by atoms with Crippen molar-refractivity contribution < 1.29 is 19.1 Å². The number of amides is 2. The molecule has 1 aliphatic heterocycles. The van der Waals surface area contributed by atoms with E-state index < -0.39 is 6.10 Å². The van der Waals surface area contributed by atoms with Crippen LogP contribution in [0.1, 0.15) is 37.7 Å². The first kappa shape index (κ1) is 22.2. The van der Waals surface area contributed by atoms with Crippen LogP contribution in [-0.2, 0) is 20.9 Å². The number of rotatable bonds is 6. The molecule has 1 saturated heterocycles. The zero-order valence-electron chi connectivity index (χ0n) is 18.5. The number of nitrogens with two attached hydrogens (primary N) is 1. The zero-order chi connectivity index (χ0) is 22.5. The number of carbonyl (C=O) groups is 2. The highest BCUT2D eigenvalue weighted by molar-refractivity contribution is 9.10. The largest absolute Gasteiger partial charge is 0.496 e. The van der Waals surface area contributed by atoms with Crippen molar-refractivity contribution in [3.63, 3.8) is 0 Å². The van der Waals surface area contributed by atoms with Crippen LogP contribution in [0, 0.1) is 23.2 Å². The summed E-state index contributed by atoms with van der Waals surface area (Å²) in [5.74, 6) is 1.95. The Labute approximate surface area is 197 Å². The predicted molar refractivity (Wildman–Crippen MR) is 123 cm³/mol. The number of primary amides is 1. The second kappa shape index (κ2) is 8.61. The van der Waals surface area contributed by atoms with Gasteiger partial charge in [-0.3, -0.25) is 14.5 Å². The van der Waals surface area contributed by atoms with Crippen LogP contribution < -0.4 is 15.8 Å². The van der Waals surface area contributed by atoms with E-state index in [-0.39, 0.29) is 23.3 Å². The van der Waals surface area contributed by atoms with Crippen molar-refractivity contribution >= 4 is 27.7 Å². The Hall–Kier alpha value is -1.64. The van der Waals surface area contributed by atoms with Crippen molar-refractivity contribution in [2.24, 2.45) is 28.9 Å². The van der Waals surface area contributed by atoms with Gasteiger partial charge >= 0.3 is 0 Å². The van der Waals surface area contributed by atoms with Gasteiger partial charge in [0, 0.05) is 41.1 Å². The van der Waals surface area contributed by atoms with Crippen molar-refractivity contribution in [2.45, 2.75) is 50.8 Å². The Balaban J connectivity index is 1.22. The molecule has 0 aromatic heterocycles. The fraction of sp³-hybridized carbons (Fsp3) is 0.667. The molecule has 3 N–H and O–H groups in total. The first-order valence-corrected chi connectivity index (χ1v) is 12.4. The number of nitrogens with one attached hydrogen (secondary N) is 1. The van der Waals surface area contributed by atoms with Gasteiger partial charge in [0.25, 0.3) is 5.91 Å². The van der Waals surface area contributed by atoms with Gasteiger partial charge in [-0.25, -0.2) is 0 Å². The number of hydrogen-bond donors (Lipinski definition) is 2. The van der Waals surface area contributed by atoms with E-state index in [0.29, 0.717) is 37.5 Å². The van der Waals surface area contributed by atoms with Gasteiger partial charge in [-0.1, -0.05) is 22.0 Å². The van der Waals surface area contributed by atoms with E-state index in [2.05, 4.69) is 32.2 Å². The Bertz CT molecular complexity index is 893. The molecule has 1 aromatic rings. The Kier molecular flexibility index (Phi) is 5.97. The van der Waals surface area contributed by atoms with Gasteiger partial charge in [-0.05, 0) is 62.0 Å². The average Bonchev–Trinajstić information content (AvgIpc) is 2.77. The monoisotopic (exact) mass is 505 g/mol. The van der Waals surface area contributed by atoms with Crippen LogP contribution in [0.5, 0.6) is 5.75 Å². The molecule has 1 heterocycles. The molecule has 174 valence electrons. The summed E-state index contributed by atoms with van der Waals surface area (Å²) in [6.07, 6.45) is 4.29. The maximum atomic E-state index is 13.2. The summed E-state index contributed by atoms with van der Waals surface area (Å²) in [7, 11) is 1.67. The maximum absolute atomic E-state index is 13.2. The summed E-state index contributed by atoms with van der Waals surface area (Å²) in [5, 5.41) is 3.33. The molecule has 3 atom stereocenters. The number of nitrogens with zero attached hydrogens (tertiary/aromatic N) is 1. The minimum atomic E-state index is -0.479. The normalized spacial score (nSPS) is 36.1. The average molecular weight is 506 g/mol. The minimum Gasteiger partial charge on any atom is -0.496 e. The van der Waals surface area contributed by atoms with Gasteiger partial charge in [-0.15, -0.1) is 0 Å². The molecule has 5 fully saturated rings. The fourth-order valence-electron chi connectivity index (χ4n) is 6.91. The Morgan fingerprint density at radius 3 is 2.72 bits per heavy atom. The van der Waals surface area contributed by atoms with Crippen molar-refractivity contribution in [1.82, 2.24) is 10.2 Å². The summed E-state index contributed by atoms with van der Waals surface area (Å²) in [6, 6.07) is 6.16. The smallest absolute Gasteiger partial charge is 0.250 e. The molecule has 7 nitrogen and oxygen atoms in total. The number of carbonyl (C=O) groups excluding carboxylic acids is 2. The fourth-order valence-corrected chi connectivity index (χ4v) is 7.25. The Morgan fingerprint density at radius 2 is 2.03 bits per heavy atom. The summed E-state index contributed by atoms with van der Waals surface area (Å²) in [5.41, 5.74) is 6.56. The molecule has 1 aromatic carbocycles. The predicted octanol–water partition coefficient (Wildman–Crippen LogP) is 2.45. The van der Waals surface area contributed by atoms with Crippen LogP contribution >= 0.6 is 15.9 Å². The van der Waals surface area contributed by atoms with E-state index in [9.17, 15) is 9.59 Å². The van der Waals surface area contributed by atoms with Crippen molar-refractivity contribution in [3.05, 3.63) is 28.2 Å². The number of hydrogen-bond acceptors (Lipinski definition) is 5. The zero-order valence-corrected chi connectivity index (χ0v) is 20.1. The first-order valence-electron chi connectivity index (χ1n) is 11.6. The number of benzene rings is 1. The molecule has 4 saturated carbocycles. The summed E-state index contributed by atoms with van der Waals surface area (Å²) < 4.78 is 12.4. The van der Waals surface area contributed by atoms with E-state index in [1.165, 1.54) is 0 Å². The SMILES string of the molecule is COc1cc(Br)ccc1CN1CCO[C@@H](C(=O)NC2C3CC4CC2CC(C(N)=O)(C4)C3)C1. The third kappa shape index (κ3) is 4.05. The highest BCUT2D eigenvalue weighted by atomic mass is 79.9. The lowest BCUT2D eigenvalue weighted by atomic mass is 9.47. The number of halogens is 1. The van der Waals surface area contributed by atoms with Gasteiger partial charge in [0.2, 0.25) is 5.91 Å². The van der Waals surface area contributed by atoms with Crippen LogP contribution in [-0.4, -0.2) is 55.7 Å². The molecule has 2 unspecified atom stereocenters. The molecule has 4 aliphatic carbocycles. The first-order chi connectivity index (χ1) is 15.4. The topological polar surface area (TPSA) is 93.9 Å². The van der Waals surface area contributed by atoms with E-state index >= 15 is 0 Å². The molecule has 8 heteroatoms. The van der Waals surface area contributed by atoms with Crippen molar-refractivity contribution in [1.29, 1.82) is 0 Å². The van der Waals surface area contributed by atoms with Gasteiger partial charge in [0.15, 0.2) is 0 Å². The van der Waals surface area contributed by atoms with Crippen LogP contribution in [0.3, 0.4) is 0 Å². The quantitative estimate of drug-likeness (QED) is 0.619. The lowest BCUT2D eigenvalue weighted by Gasteiger charge is -2.59. The third-order valence-electron chi connectivity index (χ3n) is 8.19. The second-order valence-electron chi connectivity index (χ2n) is 10.2. The van der Waals surface area contributed by atoms with E-state index in [1.54, 1.807) is 7.11 Å². The highest BCUT2D eigenvalue weighted by Gasteiger charge is 2.58. The molecular formula is C24H32BrN3O4. The van der Waals surface area contributed by atoms with Crippen LogP contribution in [0.15, 0.2) is 22.7 Å². The number of methoxy groups -OCH3 is 1. The van der Waals surface area contributed by atoms with Crippen molar-refractivity contribution in [3.8, 4) is 5.75 Å². The maximum Gasteiger partial charge on any atom is 0.250 e. The number of ether oxygens (including phenoxy) is 2. The van der Waals surface area contributed by atoms with Gasteiger partial charge in [0.05, 0.1) is 13.7 Å². The third-order valence-corrected chi connectivity index (χ3v) is 8.68. The van der Waals surface area contributed by atoms with Crippen LogP contribution in [0.4, 0.5) is 0 Å². The van der Waals surface area contributed by atoms with E-state index in [4.69, 9.17) is 15.2 Å². The van der Waals surface area contributed by atoms with Crippen LogP contribution in [0.25, 0.3) is 0 Å². The van der Waals surface area contributed by atoms with Crippen LogP contribution in [0.2, 0.25) is 0 Å². The molecule has 0 spiro atoms. The van der Waals surface area contributed by atoms with E-state index in [1.807, 2.05) is 12.1 Å². The summed E-state index contributed by atoms with van der Waals surface area (Å²) in [6.45, 7) is 2.57. The second-order valence-corrected chi connectivity index (χ2v) is 11.1. The molecular weight excluding hydrogens is 474 g/mol. The standard InChI is InChI=1S/C24H32BrN3O4/c1-31-19-8-18(25)3-2-15(19)12-28-4-5-32-20(13-28)22(29)27-21-16-6-14-7-17(21)11-24(9-14,10-16)23(26)30/h2-3,8,14,16-17,20-21H,4-7,9-13H2,1H3,(H2,26,30)(H,27,29)/t14?,16?,17?,20-,21?,24?/m1/s1. The highest BCUT2D eigenvalue weighted by Crippen LogP contribution is 2.59. The number of morpholine rings is 1. The lowest BCUT2D eigenvalue weighted by molar-refractivity contribution is -0.151. The Morgan fingerprint density at radius 1 is 1.28 bits per heavy atom. The molecule has 32 heavy (non-hydrogen) atoms. The van der Waals surface area contributed by atoms with E-state index in [0.717, 1.165) is 54.4 Å². The lowest BCUT2D eigenvalue weighted by Crippen LogP contribution is -2.63. The summed E-state index contributed by atoms with van der Waals surface area (Å²) >= 11 is 3.48. The summed E-state index contributed by atoms with van der Waals surface area (Å²) in [4.78, 5) is 27.6.